The highest BCUT2D eigenvalue weighted by Crippen LogP contribution is 2.33. The number of nitrogens with zero attached hydrogens (tertiary/aromatic N) is 9. The maximum atomic E-state index is 14.8. The van der Waals surface area contributed by atoms with Crippen LogP contribution in [-0.2, 0) is 6.54 Å². The molecule has 0 aliphatic heterocycles. The Bertz CT molecular complexity index is 1390. The second kappa shape index (κ2) is 9.30. The molecule has 0 saturated carbocycles. The number of hydrogen-bond acceptors (Lipinski definition) is 10. The molecule has 0 spiro atoms. The lowest BCUT2D eigenvalue weighted by Crippen LogP contribution is -2.21. The van der Waals surface area contributed by atoms with E-state index < -0.39 is 23.4 Å². The number of fused-ring (bicyclic) bond motifs is 1. The van der Waals surface area contributed by atoms with E-state index in [0.29, 0.717) is 11.2 Å². The van der Waals surface area contributed by atoms with E-state index in [0.717, 1.165) is 0 Å². The van der Waals surface area contributed by atoms with Crippen LogP contribution in [0, 0.1) is 24.0 Å². The molecule has 0 saturated heterocycles. The average Bonchev–Trinajstić information content (AvgIpc) is 3.28. The van der Waals surface area contributed by atoms with Crippen molar-refractivity contribution in [3.8, 4) is 17.4 Å². The van der Waals surface area contributed by atoms with E-state index in [1.807, 2.05) is 0 Å². The molecule has 4 heterocycles. The van der Waals surface area contributed by atoms with Gasteiger partial charge in [-0.3, -0.25) is 10.1 Å². The Morgan fingerprint density at radius 2 is 1.94 bits per heavy atom. The van der Waals surface area contributed by atoms with Gasteiger partial charge in [0.1, 0.15) is 23.8 Å². The molecule has 1 atom stereocenters. The Morgan fingerprint density at radius 3 is 2.65 bits per heavy atom. The second-order valence-corrected chi connectivity index (χ2v) is 7.67. The first-order chi connectivity index (χ1) is 16.2. The minimum Gasteiger partial charge on any atom is -0.479 e. The SMILES string of the molecule is COc1nc(C)ncc1-n1nc(OC[C@H](F)Cn2nc(Cl)c3cnc(Cl)nc32)c([N+](=O)[O-])c1C. The Labute approximate surface area is 200 Å². The largest absolute Gasteiger partial charge is 0.479 e. The van der Waals surface area contributed by atoms with Crippen LogP contribution in [0.3, 0.4) is 0 Å². The summed E-state index contributed by atoms with van der Waals surface area (Å²) in [6.45, 7) is 2.27. The van der Waals surface area contributed by atoms with Gasteiger partial charge in [0.15, 0.2) is 17.0 Å². The van der Waals surface area contributed by atoms with Crippen molar-refractivity contribution in [1.82, 2.24) is 39.5 Å². The third-order valence-corrected chi connectivity index (χ3v) is 5.16. The topological polar surface area (TPSA) is 149 Å². The van der Waals surface area contributed by atoms with Gasteiger partial charge in [0.2, 0.25) is 11.2 Å². The third kappa shape index (κ3) is 4.41. The van der Waals surface area contributed by atoms with Gasteiger partial charge in [-0.25, -0.2) is 23.7 Å². The van der Waals surface area contributed by atoms with Crippen LogP contribution in [0.2, 0.25) is 10.4 Å². The first-order valence-electron chi connectivity index (χ1n) is 9.63. The predicted molar refractivity (Wildman–Crippen MR) is 118 cm³/mol. The van der Waals surface area contributed by atoms with Gasteiger partial charge in [-0.15, -0.1) is 5.10 Å². The molecule has 16 heteroatoms. The Hall–Kier alpha value is -3.65. The monoisotopic (exact) mass is 511 g/mol. The molecular weight excluding hydrogens is 496 g/mol. The van der Waals surface area contributed by atoms with E-state index in [1.165, 1.54) is 35.8 Å². The molecule has 0 amide bonds. The molecule has 4 aromatic rings. The van der Waals surface area contributed by atoms with Crippen LogP contribution in [0.5, 0.6) is 11.8 Å². The predicted octanol–water partition coefficient (Wildman–Crippen LogP) is 3.06. The average molecular weight is 512 g/mol. The van der Waals surface area contributed by atoms with Crippen molar-refractivity contribution in [2.24, 2.45) is 0 Å². The van der Waals surface area contributed by atoms with Gasteiger partial charge in [0, 0.05) is 6.20 Å². The fourth-order valence-corrected chi connectivity index (χ4v) is 3.54. The molecule has 0 unspecified atom stereocenters. The fraction of sp³-hybridized carbons (Fsp3) is 0.333. The fourth-order valence-electron chi connectivity index (χ4n) is 3.19. The molecule has 0 aromatic carbocycles. The van der Waals surface area contributed by atoms with Crippen molar-refractivity contribution in [3.63, 3.8) is 0 Å². The number of aryl methyl sites for hydroxylation is 1. The quantitative estimate of drug-likeness (QED) is 0.196. The lowest BCUT2D eigenvalue weighted by Gasteiger charge is -2.09. The minimum absolute atomic E-state index is 0.0517. The van der Waals surface area contributed by atoms with Crippen LogP contribution in [0.15, 0.2) is 12.4 Å². The normalized spacial score (nSPS) is 12.2. The van der Waals surface area contributed by atoms with Crippen molar-refractivity contribution in [2.45, 2.75) is 26.6 Å². The van der Waals surface area contributed by atoms with Crippen LogP contribution in [0.25, 0.3) is 16.7 Å². The first-order valence-corrected chi connectivity index (χ1v) is 10.4. The summed E-state index contributed by atoms with van der Waals surface area (Å²) >= 11 is 11.8. The molecule has 4 aromatic heterocycles. The summed E-state index contributed by atoms with van der Waals surface area (Å²) in [6, 6.07) is 0. The Kier molecular flexibility index (Phi) is 6.43. The number of nitro groups is 1. The standard InChI is InChI=1S/C18H16Cl2FN9O4/c1-8-13(30(31)32)17(27-29(8)12-5-22-9(2)24-16(12)33-3)34-7-10(21)6-28-15-11(14(19)26-28)4-23-18(20)25-15/h4-5,10H,6-7H2,1-3H3/t10-/m1/s1. The number of alkyl halides is 1. The van der Waals surface area contributed by atoms with Crippen LogP contribution in [-0.4, -0.2) is 64.3 Å². The van der Waals surface area contributed by atoms with Crippen LogP contribution < -0.4 is 9.47 Å². The van der Waals surface area contributed by atoms with Crippen molar-refractivity contribution < 1.29 is 18.8 Å². The summed E-state index contributed by atoms with van der Waals surface area (Å²) in [5, 5.41) is 20.3. The van der Waals surface area contributed by atoms with Gasteiger partial charge in [0.05, 0.1) is 30.2 Å². The van der Waals surface area contributed by atoms with Crippen molar-refractivity contribution in [1.29, 1.82) is 0 Å². The lowest BCUT2D eigenvalue weighted by molar-refractivity contribution is -0.386. The van der Waals surface area contributed by atoms with Crippen LogP contribution >= 0.6 is 23.2 Å². The molecule has 0 fully saturated rings. The lowest BCUT2D eigenvalue weighted by atomic mass is 10.3. The summed E-state index contributed by atoms with van der Waals surface area (Å²) in [5.41, 5.74) is 0.194. The minimum atomic E-state index is -1.64. The maximum absolute atomic E-state index is 14.8. The summed E-state index contributed by atoms with van der Waals surface area (Å²) in [6.07, 6.45) is 1.14. The summed E-state index contributed by atoms with van der Waals surface area (Å²) < 4.78 is 27.8. The summed E-state index contributed by atoms with van der Waals surface area (Å²) in [4.78, 5) is 27.1. The third-order valence-electron chi connectivity index (χ3n) is 4.70. The van der Waals surface area contributed by atoms with E-state index >= 15 is 0 Å². The van der Waals surface area contributed by atoms with Gasteiger partial charge in [-0.05, 0) is 25.4 Å². The number of methoxy groups -OCH3 is 1. The van der Waals surface area contributed by atoms with Gasteiger partial charge >= 0.3 is 11.6 Å². The Morgan fingerprint density at radius 1 is 1.18 bits per heavy atom. The zero-order valence-corrected chi connectivity index (χ0v) is 19.4. The number of ether oxygens (including phenoxy) is 2. The zero-order chi connectivity index (χ0) is 24.6. The molecule has 34 heavy (non-hydrogen) atoms. The molecule has 178 valence electrons. The molecular formula is C18H16Cl2FN9O4. The number of aromatic nitrogens is 8. The van der Waals surface area contributed by atoms with Crippen molar-refractivity contribution in [3.05, 3.63) is 44.5 Å². The maximum Gasteiger partial charge on any atom is 0.353 e. The van der Waals surface area contributed by atoms with E-state index in [1.54, 1.807) is 6.92 Å². The molecule has 0 aliphatic carbocycles. The molecule has 4 rings (SSSR count). The highest BCUT2D eigenvalue weighted by molar-refractivity contribution is 6.34. The highest BCUT2D eigenvalue weighted by atomic mass is 35.5. The molecule has 0 aliphatic rings. The number of rotatable bonds is 8. The van der Waals surface area contributed by atoms with Gasteiger partial charge < -0.3 is 9.47 Å². The van der Waals surface area contributed by atoms with Gasteiger partial charge in [-0.2, -0.15) is 15.1 Å². The molecule has 13 nitrogen and oxygen atoms in total. The van der Waals surface area contributed by atoms with Gasteiger partial charge in [0.25, 0.3) is 0 Å². The van der Waals surface area contributed by atoms with E-state index in [4.69, 9.17) is 32.7 Å². The number of halogens is 3. The zero-order valence-electron chi connectivity index (χ0n) is 17.9. The Balaban J connectivity index is 1.58. The molecule has 0 radical (unpaired) electrons. The van der Waals surface area contributed by atoms with Crippen molar-refractivity contribution in [2.75, 3.05) is 13.7 Å². The van der Waals surface area contributed by atoms with E-state index in [2.05, 4.69) is 30.1 Å². The van der Waals surface area contributed by atoms with Crippen LogP contribution in [0.4, 0.5) is 10.1 Å². The smallest absolute Gasteiger partial charge is 0.353 e. The van der Waals surface area contributed by atoms with Gasteiger partial charge in [-0.1, -0.05) is 11.6 Å². The number of hydrogen-bond donors (Lipinski definition) is 0. The summed E-state index contributed by atoms with van der Waals surface area (Å²) in [7, 11) is 1.40. The van der Waals surface area contributed by atoms with Crippen LogP contribution in [0.1, 0.15) is 11.5 Å². The second-order valence-electron chi connectivity index (χ2n) is 6.98. The van der Waals surface area contributed by atoms with E-state index in [9.17, 15) is 14.5 Å². The first kappa shape index (κ1) is 23.5. The van der Waals surface area contributed by atoms with Crippen molar-refractivity contribution >= 4 is 39.9 Å². The molecule has 0 bridgehead atoms. The summed E-state index contributed by atoms with van der Waals surface area (Å²) in [5.74, 6) is 0.224. The van der Waals surface area contributed by atoms with E-state index in [-0.39, 0.29) is 45.8 Å². The molecule has 0 N–H and O–H groups in total. The highest BCUT2D eigenvalue weighted by Gasteiger charge is 2.30.